The van der Waals surface area contributed by atoms with Gasteiger partial charge in [0.05, 0.1) is 17.8 Å². The first kappa shape index (κ1) is 32.8. The normalized spacial score (nSPS) is 23.5. The van der Waals surface area contributed by atoms with E-state index in [1.54, 1.807) is 0 Å². The highest BCUT2D eigenvalue weighted by Crippen LogP contribution is 2.49. The van der Waals surface area contributed by atoms with Gasteiger partial charge in [-0.1, -0.05) is 24.1 Å². The second-order valence-electron chi connectivity index (χ2n) is 15.7. The molecule has 1 aliphatic carbocycles. The summed E-state index contributed by atoms with van der Waals surface area (Å²) in [6.45, 7) is 13.4. The van der Waals surface area contributed by atoms with Gasteiger partial charge in [-0.3, -0.25) is 9.80 Å². The van der Waals surface area contributed by atoms with Gasteiger partial charge in [0.15, 0.2) is 0 Å². The number of hydrogen-bond acceptors (Lipinski definition) is 6. The number of aromatic amines is 2. The zero-order valence-corrected chi connectivity index (χ0v) is 29.5. The highest BCUT2D eigenvalue weighted by Gasteiger charge is 2.51. The van der Waals surface area contributed by atoms with Crippen LogP contribution in [0.1, 0.15) is 116 Å². The first-order chi connectivity index (χ1) is 23.2. The molecule has 3 aliphatic rings. The maximum atomic E-state index is 13.1. The van der Waals surface area contributed by atoms with Crippen LogP contribution in [0.2, 0.25) is 0 Å². The van der Waals surface area contributed by atoms with Crippen molar-refractivity contribution in [3.63, 3.8) is 0 Å². The molecule has 10 heteroatoms. The quantitative estimate of drug-likeness (QED) is 0.213. The molecule has 7 rings (SSSR count). The minimum Gasteiger partial charge on any atom is -0.444 e. The first-order valence-corrected chi connectivity index (χ1v) is 17.4. The molecule has 4 aromatic rings. The maximum Gasteiger partial charge on any atom is 0.411 e. The van der Waals surface area contributed by atoms with Gasteiger partial charge in [-0.2, -0.15) is 0 Å². The summed E-state index contributed by atoms with van der Waals surface area (Å²) < 4.78 is 11.5. The minimum atomic E-state index is -0.556. The van der Waals surface area contributed by atoms with Crippen LogP contribution in [0.3, 0.4) is 0 Å². The van der Waals surface area contributed by atoms with E-state index in [2.05, 4.69) is 59.1 Å². The van der Waals surface area contributed by atoms with Gasteiger partial charge >= 0.3 is 12.2 Å². The number of imidazole rings is 2. The monoisotopic (exact) mass is 662 g/mol. The van der Waals surface area contributed by atoms with Gasteiger partial charge in [0.2, 0.25) is 0 Å². The molecule has 2 aromatic carbocycles. The Morgan fingerprint density at radius 1 is 0.776 bits per heavy atom. The summed E-state index contributed by atoms with van der Waals surface area (Å²) >= 11 is 0. The van der Waals surface area contributed by atoms with Crippen molar-refractivity contribution in [2.24, 2.45) is 5.92 Å². The predicted molar refractivity (Wildman–Crippen MR) is 188 cm³/mol. The van der Waals surface area contributed by atoms with Crippen molar-refractivity contribution in [1.82, 2.24) is 29.7 Å². The fraction of sp³-hybridized carbons (Fsp3) is 0.487. The number of rotatable bonds is 3. The van der Waals surface area contributed by atoms with Gasteiger partial charge in [0, 0.05) is 35.6 Å². The Hall–Kier alpha value is -4.78. The molecule has 3 fully saturated rings. The number of carbonyl (C=O) groups excluding carboxylic acids is 2. The molecule has 2 saturated heterocycles. The van der Waals surface area contributed by atoms with Crippen LogP contribution < -0.4 is 0 Å². The number of H-pyrrole nitrogens is 2. The Kier molecular flexibility index (Phi) is 8.21. The lowest BCUT2D eigenvalue weighted by atomic mass is 9.80. The van der Waals surface area contributed by atoms with Crippen molar-refractivity contribution < 1.29 is 19.1 Å². The molecule has 2 amide bonds. The molecule has 4 heterocycles. The largest absolute Gasteiger partial charge is 0.444 e. The van der Waals surface area contributed by atoms with Crippen molar-refractivity contribution in [2.45, 2.75) is 116 Å². The van der Waals surface area contributed by atoms with E-state index in [9.17, 15) is 9.59 Å². The number of nitrogens with zero attached hydrogens (tertiary/aromatic N) is 4. The standard InChI is InChI=1S/C39H46N6O4/c1-23-8-16-32(44(23)36(46)48-38(2,3)4)34-41-22-30(43-34)27-13-12-25-18-24(9-11-26(25)19-27)10-15-29-21-40-35(42-29)33-20-28-14-17-31(28)45(33)37(47)49-39(5,6)7/h9,11-13,18-19,21-23,28,31-33H,8,14,16-17,20H2,1-7H3,(H,40,42)(H,41,43)/t23-,28+,31+,32-,33-/m0/s1. The van der Waals surface area contributed by atoms with Crippen LogP contribution in [-0.2, 0) is 9.47 Å². The average molecular weight is 663 g/mol. The molecule has 0 unspecified atom stereocenters. The molecule has 2 aliphatic heterocycles. The molecule has 5 atom stereocenters. The number of carbonyl (C=O) groups is 2. The summed E-state index contributed by atoms with van der Waals surface area (Å²) in [5, 5.41) is 2.15. The van der Waals surface area contributed by atoms with E-state index in [0.29, 0.717) is 11.6 Å². The maximum absolute atomic E-state index is 13.1. The van der Waals surface area contributed by atoms with Crippen molar-refractivity contribution >= 4 is 23.0 Å². The summed E-state index contributed by atoms with van der Waals surface area (Å²) in [7, 11) is 0. The van der Waals surface area contributed by atoms with E-state index in [4.69, 9.17) is 19.4 Å². The van der Waals surface area contributed by atoms with Crippen molar-refractivity contribution in [3.8, 4) is 23.1 Å². The second kappa shape index (κ2) is 12.3. The van der Waals surface area contributed by atoms with Crippen LogP contribution in [0.5, 0.6) is 0 Å². The van der Waals surface area contributed by atoms with Crippen molar-refractivity contribution in [2.75, 3.05) is 0 Å². The van der Waals surface area contributed by atoms with Gasteiger partial charge in [-0.15, -0.1) is 0 Å². The third-order valence-electron chi connectivity index (χ3n) is 9.77. The lowest BCUT2D eigenvalue weighted by molar-refractivity contribution is 0.00469. The molecule has 2 aromatic heterocycles. The molecule has 0 spiro atoms. The van der Waals surface area contributed by atoms with Gasteiger partial charge < -0.3 is 19.4 Å². The van der Waals surface area contributed by atoms with Crippen LogP contribution in [0.15, 0.2) is 48.8 Å². The Labute approximate surface area is 288 Å². The minimum absolute atomic E-state index is 0.0818. The smallest absolute Gasteiger partial charge is 0.411 e. The summed E-state index contributed by atoms with van der Waals surface area (Å²) in [5.74, 6) is 8.50. The lowest BCUT2D eigenvalue weighted by Gasteiger charge is -2.37. The molecule has 0 bridgehead atoms. The van der Waals surface area contributed by atoms with Crippen LogP contribution in [-0.4, -0.2) is 65.2 Å². The number of fused-ring (bicyclic) bond motifs is 2. The average Bonchev–Trinajstić information content (AvgIpc) is 3.80. The van der Waals surface area contributed by atoms with E-state index in [-0.39, 0.29) is 36.4 Å². The highest BCUT2D eigenvalue weighted by atomic mass is 16.6. The number of hydrogen-bond donors (Lipinski definition) is 2. The Bertz CT molecular complexity index is 1950. The van der Waals surface area contributed by atoms with E-state index >= 15 is 0 Å². The summed E-state index contributed by atoms with van der Waals surface area (Å²) in [5.41, 5.74) is 2.25. The number of benzene rings is 2. The molecule has 10 nitrogen and oxygen atoms in total. The first-order valence-electron chi connectivity index (χ1n) is 17.4. The van der Waals surface area contributed by atoms with Crippen LogP contribution in [0, 0.1) is 17.8 Å². The highest BCUT2D eigenvalue weighted by molar-refractivity contribution is 5.88. The van der Waals surface area contributed by atoms with Crippen LogP contribution in [0.4, 0.5) is 9.59 Å². The topological polar surface area (TPSA) is 116 Å². The Morgan fingerprint density at radius 3 is 2.16 bits per heavy atom. The van der Waals surface area contributed by atoms with E-state index < -0.39 is 11.2 Å². The summed E-state index contributed by atoms with van der Waals surface area (Å²) in [4.78, 5) is 46.2. The lowest BCUT2D eigenvalue weighted by Crippen LogP contribution is -2.46. The summed E-state index contributed by atoms with van der Waals surface area (Å²) in [6.07, 6.45) is 7.92. The molecular formula is C39H46N6O4. The van der Waals surface area contributed by atoms with E-state index in [1.807, 2.05) is 69.8 Å². The molecule has 1 saturated carbocycles. The molecular weight excluding hydrogens is 616 g/mol. The van der Waals surface area contributed by atoms with Gasteiger partial charge in [0.25, 0.3) is 0 Å². The zero-order valence-electron chi connectivity index (χ0n) is 29.5. The predicted octanol–water partition coefficient (Wildman–Crippen LogP) is 8.27. The zero-order chi connectivity index (χ0) is 34.7. The molecule has 0 radical (unpaired) electrons. The van der Waals surface area contributed by atoms with Crippen LogP contribution in [0.25, 0.3) is 22.0 Å². The van der Waals surface area contributed by atoms with Crippen molar-refractivity contribution in [3.05, 3.63) is 71.7 Å². The fourth-order valence-electron chi connectivity index (χ4n) is 7.36. The van der Waals surface area contributed by atoms with Crippen molar-refractivity contribution in [1.29, 1.82) is 0 Å². The number of amides is 2. The Balaban J connectivity index is 1.05. The third-order valence-corrected chi connectivity index (χ3v) is 9.77. The van der Waals surface area contributed by atoms with Gasteiger partial charge in [-0.25, -0.2) is 19.6 Å². The second-order valence-corrected chi connectivity index (χ2v) is 15.7. The van der Waals surface area contributed by atoms with E-state index in [1.165, 1.54) is 0 Å². The molecule has 256 valence electrons. The molecule has 2 N–H and O–H groups in total. The number of ether oxygens (including phenoxy) is 2. The number of aromatic nitrogens is 4. The summed E-state index contributed by atoms with van der Waals surface area (Å²) in [6, 6.07) is 12.5. The number of nitrogens with one attached hydrogen (secondary N) is 2. The van der Waals surface area contributed by atoms with E-state index in [0.717, 1.165) is 71.3 Å². The van der Waals surface area contributed by atoms with Gasteiger partial charge in [0.1, 0.15) is 28.5 Å². The third kappa shape index (κ3) is 6.76. The number of likely N-dealkylation sites (tertiary alicyclic amines) is 2. The van der Waals surface area contributed by atoms with Gasteiger partial charge in [-0.05, 0) is 121 Å². The SMILES string of the molecule is C[C@H]1CC[C@@H](c2nc(-c3ccc4cc(C#Cc5c[nH]c([C@@H]6C[C@H]7CC[C@H]7N6C(=O)OC(C)(C)C)n5)ccc4c3)c[nH]2)N1C(=O)OC(C)(C)C. The fourth-order valence-corrected chi connectivity index (χ4v) is 7.36. The van der Waals surface area contributed by atoms with Crippen LogP contribution >= 0.6 is 0 Å². The Morgan fingerprint density at radius 2 is 1.45 bits per heavy atom. The molecule has 49 heavy (non-hydrogen) atoms.